The molecule has 1 fully saturated rings. The number of carbonyl (C=O) groups excluding carboxylic acids is 3. The van der Waals surface area contributed by atoms with Gasteiger partial charge in [-0.1, -0.05) is 6.07 Å². The van der Waals surface area contributed by atoms with Crippen molar-refractivity contribution in [3.05, 3.63) is 23.8 Å². The summed E-state index contributed by atoms with van der Waals surface area (Å²) in [5.41, 5.74) is 0.467. The van der Waals surface area contributed by atoms with E-state index in [1.165, 1.54) is 30.1 Å². The molecule has 3 atom stereocenters. The average molecular weight is 364 g/mol. The topological polar surface area (TPSA) is 118 Å². The van der Waals surface area contributed by atoms with E-state index in [0.717, 1.165) is 17.6 Å². The molecule has 1 saturated heterocycles. The average Bonchev–Trinajstić information content (AvgIpc) is 3.10. The lowest BCUT2D eigenvalue weighted by Gasteiger charge is -2.31. The normalized spacial score (nSPS) is 19.0. The first-order chi connectivity index (χ1) is 12.3. The fourth-order valence-corrected chi connectivity index (χ4v) is 3.05. The minimum absolute atomic E-state index is 0.0708. The second-order valence-corrected chi connectivity index (χ2v) is 6.55. The van der Waals surface area contributed by atoms with Gasteiger partial charge in [-0.3, -0.25) is 9.59 Å². The van der Waals surface area contributed by atoms with Crippen LogP contribution in [0.25, 0.3) is 0 Å². The predicted octanol–water partition coefficient (Wildman–Crippen LogP) is 0.0380. The number of aromatic hydroxyl groups is 2. The van der Waals surface area contributed by atoms with Crippen LogP contribution in [-0.2, 0) is 20.8 Å². The monoisotopic (exact) mass is 364 g/mol. The van der Waals surface area contributed by atoms with Crippen molar-refractivity contribution in [2.24, 2.45) is 0 Å². The first-order valence-corrected chi connectivity index (χ1v) is 8.47. The van der Waals surface area contributed by atoms with Gasteiger partial charge in [-0.05, 0) is 37.5 Å². The lowest BCUT2D eigenvalue weighted by molar-refractivity contribution is -0.149. The number of aliphatic hydroxyl groups excluding tert-OH is 1. The van der Waals surface area contributed by atoms with Crippen LogP contribution in [0.3, 0.4) is 0 Å². The highest BCUT2D eigenvalue weighted by Gasteiger charge is 2.35. The molecule has 0 aliphatic carbocycles. The number of nitrogens with zero attached hydrogens (tertiary/aromatic N) is 2. The summed E-state index contributed by atoms with van der Waals surface area (Å²) in [7, 11) is 1.43. The van der Waals surface area contributed by atoms with Gasteiger partial charge in [0.2, 0.25) is 5.91 Å². The molecule has 3 unspecified atom stereocenters. The van der Waals surface area contributed by atoms with Crippen LogP contribution in [0.4, 0.5) is 0 Å². The SMILES string of the molecule is CC(C(=O)N1CCCC1C=O)N(C)C(=O)C(O)Cc1ccc(O)c(O)c1. The molecule has 0 spiro atoms. The summed E-state index contributed by atoms with van der Waals surface area (Å²) < 4.78 is 0. The van der Waals surface area contributed by atoms with Crippen molar-refractivity contribution >= 4 is 18.1 Å². The first-order valence-electron chi connectivity index (χ1n) is 8.47. The van der Waals surface area contributed by atoms with Crippen LogP contribution in [0.15, 0.2) is 18.2 Å². The fraction of sp³-hybridized carbons (Fsp3) is 0.500. The second kappa shape index (κ2) is 8.18. The lowest BCUT2D eigenvalue weighted by atomic mass is 10.1. The molecule has 142 valence electrons. The quantitative estimate of drug-likeness (QED) is 0.484. The van der Waals surface area contributed by atoms with Crippen LogP contribution in [0.1, 0.15) is 25.3 Å². The zero-order valence-corrected chi connectivity index (χ0v) is 14.8. The summed E-state index contributed by atoms with van der Waals surface area (Å²) in [6, 6.07) is 2.74. The maximum Gasteiger partial charge on any atom is 0.252 e. The predicted molar refractivity (Wildman–Crippen MR) is 92.5 cm³/mol. The fourth-order valence-electron chi connectivity index (χ4n) is 3.05. The van der Waals surface area contributed by atoms with E-state index in [1.54, 1.807) is 6.92 Å². The Morgan fingerprint density at radius 1 is 1.35 bits per heavy atom. The molecule has 2 amide bonds. The van der Waals surface area contributed by atoms with Crippen molar-refractivity contribution in [3.8, 4) is 11.5 Å². The van der Waals surface area contributed by atoms with E-state index in [4.69, 9.17) is 0 Å². The van der Waals surface area contributed by atoms with Gasteiger partial charge in [-0.25, -0.2) is 0 Å². The van der Waals surface area contributed by atoms with Crippen molar-refractivity contribution in [2.45, 2.75) is 44.4 Å². The minimum Gasteiger partial charge on any atom is -0.504 e. The first kappa shape index (κ1) is 19.7. The molecule has 0 bridgehead atoms. The van der Waals surface area contributed by atoms with E-state index in [1.807, 2.05) is 0 Å². The van der Waals surface area contributed by atoms with E-state index >= 15 is 0 Å². The molecule has 1 aromatic rings. The standard InChI is InChI=1S/C18H24N2O6/c1-11(17(25)20-7-3-4-13(20)10-21)19(2)18(26)16(24)9-12-5-6-14(22)15(23)8-12/h5-6,8,10-11,13,16,22-24H,3-4,7,9H2,1-2H3. The molecule has 2 rings (SSSR count). The molecular formula is C18H24N2O6. The Hall–Kier alpha value is -2.61. The van der Waals surface area contributed by atoms with Crippen LogP contribution in [0, 0.1) is 0 Å². The Morgan fingerprint density at radius 2 is 2.04 bits per heavy atom. The van der Waals surface area contributed by atoms with Gasteiger partial charge in [0, 0.05) is 20.0 Å². The van der Waals surface area contributed by atoms with Gasteiger partial charge in [0.1, 0.15) is 18.4 Å². The minimum atomic E-state index is -1.40. The van der Waals surface area contributed by atoms with E-state index in [0.29, 0.717) is 18.5 Å². The number of phenolic OH excluding ortho intramolecular Hbond substituents is 2. The third-order valence-electron chi connectivity index (χ3n) is 4.78. The summed E-state index contributed by atoms with van der Waals surface area (Å²) in [5, 5.41) is 29.0. The lowest BCUT2D eigenvalue weighted by Crippen LogP contribution is -2.52. The number of amides is 2. The van der Waals surface area contributed by atoms with Crippen molar-refractivity contribution in [2.75, 3.05) is 13.6 Å². The summed E-state index contributed by atoms with van der Waals surface area (Å²) in [6.45, 7) is 2.03. The van der Waals surface area contributed by atoms with Crippen molar-refractivity contribution in [1.82, 2.24) is 9.80 Å². The van der Waals surface area contributed by atoms with Crippen LogP contribution < -0.4 is 0 Å². The smallest absolute Gasteiger partial charge is 0.252 e. The molecule has 1 aliphatic heterocycles. The molecule has 0 radical (unpaired) electrons. The zero-order valence-electron chi connectivity index (χ0n) is 14.8. The molecule has 0 saturated carbocycles. The van der Waals surface area contributed by atoms with Gasteiger partial charge in [-0.2, -0.15) is 0 Å². The summed E-state index contributed by atoms with van der Waals surface area (Å²) in [5.74, 6) is -1.60. The highest BCUT2D eigenvalue weighted by Crippen LogP contribution is 2.25. The van der Waals surface area contributed by atoms with Gasteiger partial charge >= 0.3 is 0 Å². The van der Waals surface area contributed by atoms with Gasteiger partial charge in [-0.15, -0.1) is 0 Å². The maximum atomic E-state index is 12.6. The van der Waals surface area contributed by atoms with Gasteiger partial charge in [0.05, 0.1) is 6.04 Å². The Bertz CT molecular complexity index is 692. The number of carbonyl (C=O) groups is 3. The number of phenols is 2. The number of aldehydes is 1. The Balaban J connectivity index is 2.01. The van der Waals surface area contributed by atoms with Crippen molar-refractivity contribution < 1.29 is 29.7 Å². The highest BCUT2D eigenvalue weighted by atomic mass is 16.3. The summed E-state index contributed by atoms with van der Waals surface area (Å²) >= 11 is 0. The van der Waals surface area contributed by atoms with E-state index in [9.17, 15) is 29.7 Å². The van der Waals surface area contributed by atoms with Crippen LogP contribution in [0.5, 0.6) is 11.5 Å². The van der Waals surface area contributed by atoms with Gasteiger partial charge in [0.15, 0.2) is 11.5 Å². The summed E-state index contributed by atoms with van der Waals surface area (Å²) in [4.78, 5) is 38.7. The Labute approximate surface area is 151 Å². The van der Waals surface area contributed by atoms with Gasteiger partial charge < -0.3 is 29.9 Å². The van der Waals surface area contributed by atoms with E-state index in [-0.39, 0.29) is 23.8 Å². The molecule has 1 aromatic carbocycles. The number of rotatable bonds is 6. The molecule has 1 aliphatic rings. The Morgan fingerprint density at radius 3 is 2.65 bits per heavy atom. The number of likely N-dealkylation sites (tertiary alicyclic amines) is 1. The molecule has 8 nitrogen and oxygen atoms in total. The van der Waals surface area contributed by atoms with Crippen LogP contribution in [0.2, 0.25) is 0 Å². The number of aliphatic hydroxyl groups is 1. The number of likely N-dealkylation sites (N-methyl/N-ethyl adjacent to an activating group) is 1. The highest BCUT2D eigenvalue weighted by molar-refractivity contribution is 5.90. The van der Waals surface area contributed by atoms with Gasteiger partial charge in [0.25, 0.3) is 5.91 Å². The second-order valence-electron chi connectivity index (χ2n) is 6.55. The zero-order chi connectivity index (χ0) is 19.4. The van der Waals surface area contributed by atoms with Crippen molar-refractivity contribution in [3.63, 3.8) is 0 Å². The molecular weight excluding hydrogens is 340 g/mol. The molecule has 26 heavy (non-hydrogen) atoms. The molecule has 8 heteroatoms. The summed E-state index contributed by atoms with van der Waals surface area (Å²) in [6.07, 6.45) is 0.628. The number of hydrogen-bond acceptors (Lipinski definition) is 6. The largest absolute Gasteiger partial charge is 0.504 e. The van der Waals surface area contributed by atoms with Crippen LogP contribution in [-0.4, -0.2) is 75.0 Å². The third-order valence-corrected chi connectivity index (χ3v) is 4.78. The third kappa shape index (κ3) is 4.13. The number of hydrogen-bond donors (Lipinski definition) is 3. The van der Waals surface area contributed by atoms with Crippen molar-refractivity contribution in [1.29, 1.82) is 0 Å². The Kier molecular flexibility index (Phi) is 6.20. The van der Waals surface area contributed by atoms with E-state index < -0.39 is 24.1 Å². The van der Waals surface area contributed by atoms with E-state index in [2.05, 4.69) is 0 Å². The molecule has 3 N–H and O–H groups in total. The van der Waals surface area contributed by atoms with Crippen LogP contribution >= 0.6 is 0 Å². The molecule has 1 heterocycles. The number of benzene rings is 1. The molecule has 0 aromatic heterocycles. The maximum absolute atomic E-state index is 12.6.